The number of anilines is 1. The van der Waals surface area contributed by atoms with Crippen molar-refractivity contribution in [1.82, 2.24) is 25.2 Å². The zero-order valence-electron chi connectivity index (χ0n) is 18.8. The Morgan fingerprint density at radius 2 is 1.97 bits per heavy atom. The summed E-state index contributed by atoms with van der Waals surface area (Å²) in [7, 11) is 0. The number of fused-ring (bicyclic) bond motifs is 1. The summed E-state index contributed by atoms with van der Waals surface area (Å²) in [5, 5.41) is 12.7. The van der Waals surface area contributed by atoms with Crippen LogP contribution < -0.4 is 10.2 Å². The number of aliphatic hydroxyl groups excluding tert-OH is 1. The van der Waals surface area contributed by atoms with Crippen LogP contribution in [0.3, 0.4) is 0 Å². The average molecular weight is 447 g/mol. The van der Waals surface area contributed by atoms with Crippen LogP contribution >= 0.6 is 0 Å². The number of carbonyl (C=O) groups is 1. The lowest BCUT2D eigenvalue weighted by molar-refractivity contribution is 0.0946. The number of benzene rings is 1. The fourth-order valence-electron chi connectivity index (χ4n) is 4.85. The second-order valence-electron chi connectivity index (χ2n) is 8.85. The highest BCUT2D eigenvalue weighted by Crippen LogP contribution is 2.30. The molecule has 1 amide bonds. The van der Waals surface area contributed by atoms with E-state index in [2.05, 4.69) is 20.1 Å². The number of para-hydroxylation sites is 1. The number of nitrogens with one attached hydrogen (secondary N) is 1. The van der Waals surface area contributed by atoms with Crippen molar-refractivity contribution in [3.8, 4) is 0 Å². The van der Waals surface area contributed by atoms with Crippen molar-refractivity contribution >= 4 is 22.8 Å². The minimum atomic E-state index is -0.172. The fourth-order valence-corrected chi connectivity index (χ4v) is 4.85. The zero-order valence-corrected chi connectivity index (χ0v) is 18.8. The Morgan fingerprint density at radius 1 is 1.12 bits per heavy atom. The number of nitrogens with zero attached hydrogens (tertiary/aromatic N) is 5. The van der Waals surface area contributed by atoms with Crippen LogP contribution in [0.4, 0.5) is 5.95 Å². The number of hydrogen-bond donors (Lipinski definition) is 2. The van der Waals surface area contributed by atoms with E-state index in [1.165, 1.54) is 12.8 Å². The molecule has 0 aliphatic carbocycles. The van der Waals surface area contributed by atoms with Gasteiger partial charge in [0.05, 0.1) is 23.4 Å². The molecule has 172 valence electrons. The lowest BCUT2D eigenvalue weighted by atomic mass is 9.99. The molecule has 0 unspecified atom stereocenters. The summed E-state index contributed by atoms with van der Waals surface area (Å²) in [5.41, 5.74) is 3.44. The highest BCUT2D eigenvalue weighted by Gasteiger charge is 2.27. The van der Waals surface area contributed by atoms with E-state index in [1.807, 2.05) is 42.6 Å². The van der Waals surface area contributed by atoms with Gasteiger partial charge in [-0.25, -0.2) is 9.97 Å². The molecule has 1 atom stereocenters. The molecule has 5 rings (SSSR count). The summed E-state index contributed by atoms with van der Waals surface area (Å²) in [5.74, 6) is 0.934. The third kappa shape index (κ3) is 4.82. The average Bonchev–Trinajstić information content (AvgIpc) is 3.55. The number of pyridine rings is 1. The van der Waals surface area contributed by atoms with Crippen molar-refractivity contribution in [2.24, 2.45) is 0 Å². The number of rotatable bonds is 7. The van der Waals surface area contributed by atoms with Crippen LogP contribution in [0.15, 0.2) is 42.6 Å². The first-order valence-electron chi connectivity index (χ1n) is 11.8. The molecular formula is C25H30N6O2. The van der Waals surface area contributed by atoms with Crippen molar-refractivity contribution in [3.63, 3.8) is 0 Å². The smallest absolute Gasteiger partial charge is 0.252 e. The Balaban J connectivity index is 1.32. The number of hydrogen-bond acceptors (Lipinski definition) is 7. The van der Waals surface area contributed by atoms with E-state index in [1.54, 1.807) is 0 Å². The van der Waals surface area contributed by atoms with Crippen LogP contribution in [0.2, 0.25) is 0 Å². The fraction of sp³-hybridized carbons (Fsp3) is 0.440. The molecule has 2 aliphatic rings. The molecular weight excluding hydrogens is 416 g/mol. The van der Waals surface area contributed by atoms with Crippen molar-refractivity contribution in [2.75, 3.05) is 44.2 Å². The Kier molecular flexibility index (Phi) is 6.46. The van der Waals surface area contributed by atoms with Gasteiger partial charge in [0.15, 0.2) is 0 Å². The van der Waals surface area contributed by atoms with Gasteiger partial charge in [-0.15, -0.1) is 0 Å². The van der Waals surface area contributed by atoms with Gasteiger partial charge in [0.1, 0.15) is 0 Å². The molecule has 2 fully saturated rings. The van der Waals surface area contributed by atoms with Crippen LogP contribution in [-0.2, 0) is 6.54 Å². The maximum absolute atomic E-state index is 12.8. The molecule has 2 aromatic heterocycles. The van der Waals surface area contributed by atoms with Gasteiger partial charge in [0.2, 0.25) is 5.95 Å². The maximum Gasteiger partial charge on any atom is 0.252 e. The Labute approximate surface area is 193 Å². The van der Waals surface area contributed by atoms with Gasteiger partial charge in [-0.1, -0.05) is 18.2 Å². The minimum absolute atomic E-state index is 0.0816. The highest BCUT2D eigenvalue weighted by atomic mass is 16.3. The summed E-state index contributed by atoms with van der Waals surface area (Å²) in [6, 6.07) is 11.7. The second kappa shape index (κ2) is 9.80. The van der Waals surface area contributed by atoms with E-state index in [4.69, 9.17) is 15.1 Å². The Hall–Kier alpha value is -3.10. The molecule has 0 spiro atoms. The first kappa shape index (κ1) is 21.7. The molecule has 8 nitrogen and oxygen atoms in total. The third-order valence-electron chi connectivity index (χ3n) is 6.54. The number of likely N-dealkylation sites (tertiary alicyclic amines) is 1. The second-order valence-corrected chi connectivity index (χ2v) is 8.85. The molecule has 2 N–H and O–H groups in total. The van der Waals surface area contributed by atoms with Crippen LogP contribution in [0.25, 0.3) is 10.9 Å². The topological polar surface area (TPSA) is 94.5 Å². The predicted molar refractivity (Wildman–Crippen MR) is 127 cm³/mol. The van der Waals surface area contributed by atoms with E-state index in [0.717, 1.165) is 67.4 Å². The lowest BCUT2D eigenvalue weighted by Crippen LogP contribution is -2.27. The first-order chi connectivity index (χ1) is 16.2. The number of aliphatic hydroxyl groups is 1. The Bertz CT molecular complexity index is 1130. The molecule has 0 saturated carbocycles. The molecule has 2 saturated heterocycles. The molecule has 3 aromatic rings. The zero-order chi connectivity index (χ0) is 22.6. The molecule has 33 heavy (non-hydrogen) atoms. The van der Waals surface area contributed by atoms with Crippen LogP contribution in [-0.4, -0.2) is 70.2 Å². The normalized spacial score (nSPS) is 18.8. The Morgan fingerprint density at radius 3 is 2.82 bits per heavy atom. The summed E-state index contributed by atoms with van der Waals surface area (Å²) < 4.78 is 0. The SMILES string of the molecule is O=C(NCCO)c1cc([C@@H]2CCN(Cc3ccnc(N4CCCC4)n3)C2)nc2ccccc12. The van der Waals surface area contributed by atoms with Gasteiger partial charge in [-0.3, -0.25) is 14.7 Å². The highest BCUT2D eigenvalue weighted by molar-refractivity contribution is 6.06. The van der Waals surface area contributed by atoms with E-state index in [-0.39, 0.29) is 25.0 Å². The number of amides is 1. The van der Waals surface area contributed by atoms with Gasteiger partial charge in [0, 0.05) is 55.9 Å². The van der Waals surface area contributed by atoms with Crippen LogP contribution in [0, 0.1) is 0 Å². The van der Waals surface area contributed by atoms with Gasteiger partial charge in [0.25, 0.3) is 5.91 Å². The van der Waals surface area contributed by atoms with E-state index in [9.17, 15) is 4.79 Å². The van der Waals surface area contributed by atoms with Crippen LogP contribution in [0.5, 0.6) is 0 Å². The molecule has 4 heterocycles. The summed E-state index contributed by atoms with van der Waals surface area (Å²) in [6.07, 6.45) is 5.28. The van der Waals surface area contributed by atoms with Gasteiger partial charge in [-0.05, 0) is 44.0 Å². The minimum Gasteiger partial charge on any atom is -0.395 e. The number of aromatic nitrogens is 3. The lowest BCUT2D eigenvalue weighted by Gasteiger charge is -2.19. The molecule has 2 aliphatic heterocycles. The summed E-state index contributed by atoms with van der Waals surface area (Å²) in [4.78, 5) is 31.6. The molecule has 1 aromatic carbocycles. The van der Waals surface area contributed by atoms with Gasteiger partial charge >= 0.3 is 0 Å². The quantitative estimate of drug-likeness (QED) is 0.575. The first-order valence-corrected chi connectivity index (χ1v) is 11.8. The van der Waals surface area contributed by atoms with E-state index >= 15 is 0 Å². The standard InChI is InChI=1S/C25H30N6O2/c32-14-10-26-24(33)21-15-23(29-22-6-2-1-5-20(21)22)18-8-13-30(16-18)17-19-7-9-27-25(28-19)31-11-3-4-12-31/h1-2,5-7,9,15,18,32H,3-4,8,10-14,16-17H2,(H,26,33)/t18-/m1/s1. The molecule has 0 radical (unpaired) electrons. The monoisotopic (exact) mass is 446 g/mol. The third-order valence-corrected chi connectivity index (χ3v) is 6.54. The van der Waals surface area contributed by atoms with Crippen molar-refractivity contribution in [2.45, 2.75) is 31.7 Å². The van der Waals surface area contributed by atoms with Crippen molar-refractivity contribution in [3.05, 3.63) is 59.5 Å². The predicted octanol–water partition coefficient (Wildman–Crippen LogP) is 2.34. The summed E-state index contributed by atoms with van der Waals surface area (Å²) >= 11 is 0. The van der Waals surface area contributed by atoms with Crippen molar-refractivity contribution in [1.29, 1.82) is 0 Å². The van der Waals surface area contributed by atoms with Crippen LogP contribution in [0.1, 0.15) is 46.9 Å². The van der Waals surface area contributed by atoms with Gasteiger partial charge < -0.3 is 15.3 Å². The van der Waals surface area contributed by atoms with Gasteiger partial charge in [-0.2, -0.15) is 0 Å². The number of carbonyl (C=O) groups excluding carboxylic acids is 1. The van der Waals surface area contributed by atoms with E-state index < -0.39 is 0 Å². The van der Waals surface area contributed by atoms with E-state index in [0.29, 0.717) is 5.56 Å². The maximum atomic E-state index is 12.8. The summed E-state index contributed by atoms with van der Waals surface area (Å²) in [6.45, 7) is 4.87. The molecule has 8 heteroatoms. The van der Waals surface area contributed by atoms with Crippen molar-refractivity contribution < 1.29 is 9.90 Å². The largest absolute Gasteiger partial charge is 0.395 e. The molecule has 0 bridgehead atoms.